The van der Waals surface area contributed by atoms with Crippen LogP contribution in [0.5, 0.6) is 0 Å². The maximum Gasteiger partial charge on any atom is 0.140 e. The Kier molecular flexibility index (Phi) is 4.41. The molecular weight excluding hydrogens is 256 g/mol. The first kappa shape index (κ1) is 14.7. The Morgan fingerprint density at radius 1 is 1.47 bits per heavy atom. The minimum Gasteiger partial charge on any atom is -0.367 e. The third kappa shape index (κ3) is 2.90. The predicted octanol–water partition coefficient (Wildman–Crippen LogP) is 4.20. The quantitative estimate of drug-likeness (QED) is 0.843. The van der Waals surface area contributed by atoms with Crippen molar-refractivity contribution in [2.45, 2.75) is 59.0 Å². The van der Waals surface area contributed by atoms with Crippen LogP contribution in [-0.4, -0.2) is 16.6 Å². The van der Waals surface area contributed by atoms with E-state index in [-0.39, 0.29) is 5.60 Å². The van der Waals surface area contributed by atoms with Crippen molar-refractivity contribution in [1.29, 1.82) is 0 Å². The lowest BCUT2D eigenvalue weighted by atomic mass is 9.78. The highest BCUT2D eigenvalue weighted by atomic mass is 32.1. The van der Waals surface area contributed by atoms with Gasteiger partial charge in [-0.15, -0.1) is 0 Å². The van der Waals surface area contributed by atoms with E-state index in [4.69, 9.17) is 17.0 Å². The number of nitrogens with zero attached hydrogens (tertiary/aromatic N) is 1. The molecule has 2 rings (SSSR count). The molecule has 1 heterocycles. The molecule has 4 heteroatoms. The van der Waals surface area contributed by atoms with Crippen LogP contribution >= 0.6 is 12.2 Å². The number of aromatic amines is 1. The zero-order valence-electron chi connectivity index (χ0n) is 12.4. The standard InChI is InChI=1S/C15H24N2OS/c1-5-18-15(8-6-7-10(2)9-15)14-16-12(4)11(3)13(19)17-14/h10H,5-9H2,1-4H3,(H,16,17,19). The number of aryl methyl sites for hydroxylation is 1. The Morgan fingerprint density at radius 3 is 2.79 bits per heavy atom. The average molecular weight is 280 g/mol. The Labute approximate surface area is 120 Å². The molecule has 1 aliphatic carbocycles. The van der Waals surface area contributed by atoms with Gasteiger partial charge in [-0.1, -0.05) is 25.6 Å². The lowest BCUT2D eigenvalue weighted by Crippen LogP contribution is -2.37. The van der Waals surface area contributed by atoms with Crippen LogP contribution in [0.4, 0.5) is 0 Å². The van der Waals surface area contributed by atoms with Crippen LogP contribution in [0.1, 0.15) is 56.6 Å². The van der Waals surface area contributed by atoms with E-state index in [1.165, 1.54) is 12.8 Å². The second kappa shape index (κ2) is 5.71. The summed E-state index contributed by atoms with van der Waals surface area (Å²) in [5.41, 5.74) is 1.90. The van der Waals surface area contributed by atoms with Crippen LogP contribution in [0.3, 0.4) is 0 Å². The molecule has 1 N–H and O–H groups in total. The van der Waals surface area contributed by atoms with Gasteiger partial charge in [-0.05, 0) is 46.0 Å². The van der Waals surface area contributed by atoms with E-state index >= 15 is 0 Å². The first-order valence-corrected chi connectivity index (χ1v) is 7.61. The van der Waals surface area contributed by atoms with Gasteiger partial charge >= 0.3 is 0 Å². The van der Waals surface area contributed by atoms with Gasteiger partial charge in [0.1, 0.15) is 16.1 Å². The smallest absolute Gasteiger partial charge is 0.140 e. The highest BCUT2D eigenvalue weighted by molar-refractivity contribution is 7.71. The molecule has 1 aliphatic rings. The number of H-pyrrole nitrogens is 1. The SMILES string of the molecule is CCOC1(c2nc(=S)c(C)c(C)[nH]2)CCCC(C)C1. The van der Waals surface area contributed by atoms with Crippen molar-refractivity contribution in [3.05, 3.63) is 21.7 Å². The van der Waals surface area contributed by atoms with Crippen LogP contribution in [0.2, 0.25) is 0 Å². The maximum absolute atomic E-state index is 6.14. The summed E-state index contributed by atoms with van der Waals surface area (Å²) in [5, 5.41) is 0. The van der Waals surface area contributed by atoms with E-state index in [1.54, 1.807) is 0 Å². The molecule has 1 aromatic heterocycles. The monoisotopic (exact) mass is 280 g/mol. The summed E-state index contributed by atoms with van der Waals surface area (Å²) in [6.07, 6.45) is 4.53. The van der Waals surface area contributed by atoms with Gasteiger partial charge in [0, 0.05) is 17.9 Å². The van der Waals surface area contributed by atoms with Crippen molar-refractivity contribution in [3.8, 4) is 0 Å². The molecule has 2 atom stereocenters. The van der Waals surface area contributed by atoms with Gasteiger partial charge in [-0.25, -0.2) is 4.98 Å². The molecule has 0 amide bonds. The summed E-state index contributed by atoms with van der Waals surface area (Å²) >= 11 is 5.37. The molecule has 0 saturated heterocycles. The van der Waals surface area contributed by atoms with Gasteiger partial charge in [-0.3, -0.25) is 0 Å². The summed E-state index contributed by atoms with van der Waals surface area (Å²) in [4.78, 5) is 8.05. The molecule has 0 aliphatic heterocycles. The van der Waals surface area contributed by atoms with E-state index in [1.807, 2.05) is 6.92 Å². The zero-order chi connectivity index (χ0) is 14.0. The molecule has 0 bridgehead atoms. The van der Waals surface area contributed by atoms with Gasteiger partial charge < -0.3 is 9.72 Å². The van der Waals surface area contributed by atoms with Crippen molar-refractivity contribution in [2.75, 3.05) is 6.61 Å². The van der Waals surface area contributed by atoms with Crippen molar-refractivity contribution in [2.24, 2.45) is 5.92 Å². The summed E-state index contributed by atoms with van der Waals surface area (Å²) in [6, 6.07) is 0. The van der Waals surface area contributed by atoms with Crippen LogP contribution in [0.25, 0.3) is 0 Å². The van der Waals surface area contributed by atoms with Crippen molar-refractivity contribution >= 4 is 12.2 Å². The fourth-order valence-corrected chi connectivity index (χ4v) is 3.30. The van der Waals surface area contributed by atoms with Crippen LogP contribution in [0.15, 0.2) is 0 Å². The van der Waals surface area contributed by atoms with Gasteiger partial charge in [0.25, 0.3) is 0 Å². The van der Waals surface area contributed by atoms with E-state index in [0.29, 0.717) is 17.2 Å². The van der Waals surface area contributed by atoms with Crippen LogP contribution < -0.4 is 0 Å². The first-order valence-electron chi connectivity index (χ1n) is 7.20. The minimum atomic E-state index is -0.265. The Balaban J connectivity index is 2.47. The van der Waals surface area contributed by atoms with Crippen molar-refractivity contribution < 1.29 is 4.74 Å². The predicted molar refractivity (Wildman–Crippen MR) is 79.8 cm³/mol. The number of hydrogen-bond donors (Lipinski definition) is 1. The Bertz CT molecular complexity index is 507. The van der Waals surface area contributed by atoms with Crippen molar-refractivity contribution in [1.82, 2.24) is 9.97 Å². The maximum atomic E-state index is 6.14. The van der Waals surface area contributed by atoms with Gasteiger partial charge in [0.2, 0.25) is 0 Å². The molecule has 1 aromatic rings. The molecule has 1 fully saturated rings. The third-order valence-electron chi connectivity index (χ3n) is 4.21. The Morgan fingerprint density at radius 2 is 2.21 bits per heavy atom. The summed E-state index contributed by atoms with van der Waals surface area (Å²) < 4.78 is 6.83. The topological polar surface area (TPSA) is 37.9 Å². The molecular formula is C15H24N2OS. The van der Waals surface area contributed by atoms with E-state index < -0.39 is 0 Å². The van der Waals surface area contributed by atoms with Crippen LogP contribution in [-0.2, 0) is 10.3 Å². The fraction of sp³-hybridized carbons (Fsp3) is 0.733. The molecule has 106 valence electrons. The van der Waals surface area contributed by atoms with Gasteiger partial charge in [0.05, 0.1) is 0 Å². The first-order chi connectivity index (χ1) is 8.98. The second-order valence-electron chi connectivity index (χ2n) is 5.77. The number of hydrogen-bond acceptors (Lipinski definition) is 3. The fourth-order valence-electron chi connectivity index (χ4n) is 3.05. The van der Waals surface area contributed by atoms with E-state index in [2.05, 4.69) is 30.7 Å². The normalized spacial score (nSPS) is 27.5. The number of rotatable bonds is 3. The van der Waals surface area contributed by atoms with Crippen molar-refractivity contribution in [3.63, 3.8) is 0 Å². The summed E-state index contributed by atoms with van der Waals surface area (Å²) in [5.74, 6) is 1.60. The second-order valence-corrected chi connectivity index (χ2v) is 6.16. The highest BCUT2D eigenvalue weighted by Crippen LogP contribution is 2.41. The molecule has 3 nitrogen and oxygen atoms in total. The van der Waals surface area contributed by atoms with E-state index in [0.717, 1.165) is 29.9 Å². The lowest BCUT2D eigenvalue weighted by molar-refractivity contribution is -0.0882. The molecule has 2 unspecified atom stereocenters. The van der Waals surface area contributed by atoms with E-state index in [9.17, 15) is 0 Å². The number of aromatic nitrogens is 2. The number of nitrogens with one attached hydrogen (secondary N) is 1. The van der Waals surface area contributed by atoms with Gasteiger partial charge in [0.15, 0.2) is 0 Å². The number of ether oxygens (including phenoxy) is 1. The molecule has 19 heavy (non-hydrogen) atoms. The minimum absolute atomic E-state index is 0.265. The molecule has 0 radical (unpaired) electrons. The summed E-state index contributed by atoms with van der Waals surface area (Å²) in [6.45, 7) is 9.13. The molecule has 1 saturated carbocycles. The zero-order valence-corrected chi connectivity index (χ0v) is 13.2. The lowest BCUT2D eigenvalue weighted by Gasteiger charge is -2.39. The van der Waals surface area contributed by atoms with Gasteiger partial charge in [-0.2, -0.15) is 0 Å². The average Bonchev–Trinajstić information content (AvgIpc) is 2.35. The third-order valence-corrected chi connectivity index (χ3v) is 4.61. The largest absolute Gasteiger partial charge is 0.367 e. The van der Waals surface area contributed by atoms with Crippen LogP contribution in [0, 0.1) is 24.4 Å². The molecule has 0 spiro atoms. The highest BCUT2D eigenvalue weighted by Gasteiger charge is 2.39. The molecule has 0 aromatic carbocycles. The summed E-state index contributed by atoms with van der Waals surface area (Å²) in [7, 11) is 0. The Hall–Kier alpha value is -0.740.